The molecule has 0 bridgehead atoms. The van der Waals surface area contributed by atoms with Crippen molar-refractivity contribution in [2.24, 2.45) is 5.92 Å². The number of fused-ring (bicyclic) bond motifs is 3. The molecule has 5 heteroatoms. The number of quaternary nitrogens is 1. The van der Waals surface area contributed by atoms with Crippen LogP contribution in [0.2, 0.25) is 10.0 Å². The lowest BCUT2D eigenvalue weighted by molar-refractivity contribution is -0.662. The Bertz CT molecular complexity index is 814. The van der Waals surface area contributed by atoms with Crippen LogP contribution < -0.4 is 5.32 Å². The predicted molar refractivity (Wildman–Crippen MR) is 107 cm³/mol. The van der Waals surface area contributed by atoms with Crippen molar-refractivity contribution in [1.82, 2.24) is 4.57 Å². The molecule has 0 saturated carbocycles. The highest BCUT2D eigenvalue weighted by atomic mass is 35.5. The van der Waals surface area contributed by atoms with E-state index in [0.717, 1.165) is 28.4 Å². The van der Waals surface area contributed by atoms with Crippen molar-refractivity contribution in [2.75, 3.05) is 13.1 Å². The predicted octanol–water partition coefficient (Wildman–Crippen LogP) is 4.07. The highest BCUT2D eigenvalue weighted by molar-refractivity contribution is 6.33. The summed E-state index contributed by atoms with van der Waals surface area (Å²) < 4.78 is 2.16. The van der Waals surface area contributed by atoms with E-state index in [2.05, 4.69) is 23.7 Å². The first kappa shape index (κ1) is 18.5. The molecule has 3 nitrogen and oxygen atoms in total. The van der Waals surface area contributed by atoms with Gasteiger partial charge in [-0.1, -0.05) is 37.0 Å². The Balaban J connectivity index is 1.87. The smallest absolute Gasteiger partial charge is 0.121 e. The van der Waals surface area contributed by atoms with Crippen molar-refractivity contribution in [2.45, 2.75) is 32.9 Å². The summed E-state index contributed by atoms with van der Waals surface area (Å²) in [4.78, 5) is 0. The quantitative estimate of drug-likeness (QED) is 0.596. The van der Waals surface area contributed by atoms with Crippen molar-refractivity contribution < 1.29 is 10.4 Å². The fraction of sp³-hybridized carbons (Fsp3) is 0.400. The number of nitrogens with two attached hydrogens (primary N) is 1. The third-order valence-corrected chi connectivity index (χ3v) is 5.04. The molecule has 0 aliphatic carbocycles. The van der Waals surface area contributed by atoms with Crippen LogP contribution in [-0.2, 0) is 6.54 Å². The molecule has 0 amide bonds. The number of aromatic nitrogens is 1. The molecule has 0 radical (unpaired) electrons. The number of benzene rings is 2. The summed E-state index contributed by atoms with van der Waals surface area (Å²) in [7, 11) is 0. The largest absolute Gasteiger partial charge is 0.385 e. The van der Waals surface area contributed by atoms with Crippen LogP contribution in [0.15, 0.2) is 36.4 Å². The van der Waals surface area contributed by atoms with E-state index in [1.54, 1.807) is 0 Å². The second-order valence-corrected chi connectivity index (χ2v) is 7.96. The van der Waals surface area contributed by atoms with Crippen LogP contribution in [0.4, 0.5) is 0 Å². The molecule has 3 rings (SSSR count). The molecular formula is C20H25Cl2N2O+. The van der Waals surface area contributed by atoms with E-state index in [1.165, 1.54) is 6.42 Å². The molecule has 25 heavy (non-hydrogen) atoms. The highest BCUT2D eigenvalue weighted by Gasteiger charge is 2.15. The van der Waals surface area contributed by atoms with Gasteiger partial charge in [0, 0.05) is 31.9 Å². The molecule has 3 N–H and O–H groups in total. The number of hydrogen-bond acceptors (Lipinski definition) is 1. The van der Waals surface area contributed by atoms with Crippen molar-refractivity contribution in [3.63, 3.8) is 0 Å². The minimum Gasteiger partial charge on any atom is -0.385 e. The first-order valence-corrected chi connectivity index (χ1v) is 9.58. The molecule has 0 spiro atoms. The van der Waals surface area contributed by atoms with Crippen molar-refractivity contribution in [3.05, 3.63) is 46.4 Å². The molecule has 0 saturated heterocycles. The molecule has 1 aromatic heterocycles. The summed E-state index contributed by atoms with van der Waals surface area (Å²) in [5, 5.41) is 16.3. The monoisotopic (exact) mass is 379 g/mol. The summed E-state index contributed by atoms with van der Waals surface area (Å²) in [6.45, 7) is 6.75. The SMILES string of the molecule is CC(C)CC[NH2+]CC(O)Cn1c2ccc(Cl)cc2c2cc(Cl)ccc21. The minimum atomic E-state index is -0.405. The van der Waals surface area contributed by atoms with Crippen molar-refractivity contribution in [3.8, 4) is 0 Å². The van der Waals surface area contributed by atoms with E-state index >= 15 is 0 Å². The topological polar surface area (TPSA) is 41.8 Å². The highest BCUT2D eigenvalue weighted by Crippen LogP contribution is 2.32. The molecule has 0 aliphatic heterocycles. The van der Waals surface area contributed by atoms with Crippen LogP contribution in [0.5, 0.6) is 0 Å². The summed E-state index contributed by atoms with van der Waals surface area (Å²) in [6.07, 6.45) is 0.761. The van der Waals surface area contributed by atoms with Gasteiger partial charge in [-0.15, -0.1) is 0 Å². The zero-order valence-electron chi connectivity index (χ0n) is 14.7. The van der Waals surface area contributed by atoms with Crippen LogP contribution in [-0.4, -0.2) is 28.9 Å². The van der Waals surface area contributed by atoms with Gasteiger partial charge in [0.05, 0.1) is 13.1 Å². The normalized spacial score (nSPS) is 13.2. The molecular weight excluding hydrogens is 355 g/mol. The first-order chi connectivity index (χ1) is 12.0. The van der Waals surface area contributed by atoms with Gasteiger partial charge >= 0.3 is 0 Å². The summed E-state index contributed by atoms with van der Waals surface area (Å²) in [5.74, 6) is 0.695. The molecule has 3 aromatic rings. The number of nitrogens with zero attached hydrogens (tertiary/aromatic N) is 1. The van der Waals surface area contributed by atoms with E-state index in [4.69, 9.17) is 23.2 Å². The van der Waals surface area contributed by atoms with Gasteiger partial charge in [-0.25, -0.2) is 0 Å². The molecule has 0 aliphatic rings. The second kappa shape index (κ2) is 7.96. The Morgan fingerprint density at radius 3 is 2.08 bits per heavy atom. The first-order valence-electron chi connectivity index (χ1n) is 8.82. The van der Waals surface area contributed by atoms with Gasteiger partial charge in [0.1, 0.15) is 12.6 Å². The van der Waals surface area contributed by atoms with Crippen LogP contribution in [0.1, 0.15) is 20.3 Å². The van der Waals surface area contributed by atoms with E-state index in [0.29, 0.717) is 29.1 Å². The maximum Gasteiger partial charge on any atom is 0.121 e. The fourth-order valence-corrected chi connectivity index (χ4v) is 3.64. The minimum absolute atomic E-state index is 0.405. The van der Waals surface area contributed by atoms with Crippen LogP contribution in [0, 0.1) is 5.92 Å². The molecule has 1 atom stereocenters. The number of aliphatic hydroxyl groups excluding tert-OH is 1. The number of halogens is 2. The maximum absolute atomic E-state index is 10.5. The standard InChI is InChI=1S/C20H24Cl2N2O/c1-13(2)7-8-23-11-16(25)12-24-19-5-3-14(21)9-17(19)18-10-15(22)4-6-20(18)24/h3-6,9-10,13,16,23,25H,7-8,11-12H2,1-2H3/p+1. The Morgan fingerprint density at radius 2 is 1.56 bits per heavy atom. The van der Waals surface area contributed by atoms with E-state index in [1.807, 2.05) is 36.4 Å². The van der Waals surface area contributed by atoms with E-state index < -0.39 is 6.10 Å². The van der Waals surface area contributed by atoms with E-state index in [9.17, 15) is 5.11 Å². The molecule has 2 aromatic carbocycles. The Morgan fingerprint density at radius 1 is 1.00 bits per heavy atom. The van der Waals surface area contributed by atoms with Gasteiger partial charge in [0.15, 0.2) is 0 Å². The van der Waals surface area contributed by atoms with Gasteiger partial charge in [0.2, 0.25) is 0 Å². The van der Waals surface area contributed by atoms with E-state index in [-0.39, 0.29) is 0 Å². The number of hydrogen-bond donors (Lipinski definition) is 2. The number of aliphatic hydroxyl groups is 1. The lowest BCUT2D eigenvalue weighted by atomic mass is 10.1. The van der Waals surface area contributed by atoms with Gasteiger partial charge in [0.25, 0.3) is 0 Å². The number of rotatable bonds is 7. The van der Waals surface area contributed by atoms with Crippen molar-refractivity contribution >= 4 is 45.0 Å². The summed E-state index contributed by atoms with van der Waals surface area (Å²) >= 11 is 12.4. The lowest BCUT2D eigenvalue weighted by Crippen LogP contribution is -2.86. The Hall–Kier alpha value is -1.26. The second-order valence-electron chi connectivity index (χ2n) is 7.08. The zero-order chi connectivity index (χ0) is 18.0. The fourth-order valence-electron chi connectivity index (χ4n) is 3.29. The van der Waals surface area contributed by atoms with Gasteiger partial charge in [-0.2, -0.15) is 0 Å². The average Bonchev–Trinajstić information content (AvgIpc) is 2.84. The Labute approximate surface area is 158 Å². The van der Waals surface area contributed by atoms with Gasteiger partial charge in [-0.3, -0.25) is 0 Å². The maximum atomic E-state index is 10.5. The van der Waals surface area contributed by atoms with Crippen LogP contribution in [0.3, 0.4) is 0 Å². The summed E-state index contributed by atoms with van der Waals surface area (Å²) in [6, 6.07) is 11.7. The van der Waals surface area contributed by atoms with Gasteiger partial charge < -0.3 is 15.0 Å². The van der Waals surface area contributed by atoms with Crippen LogP contribution in [0.25, 0.3) is 21.8 Å². The molecule has 1 heterocycles. The Kier molecular flexibility index (Phi) is 5.90. The molecule has 134 valence electrons. The molecule has 0 fully saturated rings. The van der Waals surface area contributed by atoms with Gasteiger partial charge in [-0.05, 0) is 48.7 Å². The lowest BCUT2D eigenvalue weighted by Gasteiger charge is -2.13. The third-order valence-electron chi connectivity index (χ3n) is 4.57. The van der Waals surface area contributed by atoms with Crippen LogP contribution >= 0.6 is 23.2 Å². The summed E-state index contributed by atoms with van der Waals surface area (Å²) in [5.41, 5.74) is 2.14. The third kappa shape index (κ3) is 4.29. The zero-order valence-corrected chi connectivity index (χ0v) is 16.2. The van der Waals surface area contributed by atoms with Crippen molar-refractivity contribution in [1.29, 1.82) is 0 Å². The molecule has 1 unspecified atom stereocenters. The average molecular weight is 380 g/mol.